The van der Waals surface area contributed by atoms with Gasteiger partial charge in [-0.25, -0.2) is 0 Å². The Hall–Kier alpha value is -0.610. The molecule has 0 unspecified atom stereocenters. The molecule has 4 heteroatoms. The molecule has 0 aliphatic heterocycles. The maximum absolute atomic E-state index is 12.0. The molecule has 0 aromatic heterocycles. The summed E-state index contributed by atoms with van der Waals surface area (Å²) in [4.78, 5) is 14.4. The van der Waals surface area contributed by atoms with E-state index in [-0.39, 0.29) is 11.8 Å². The largest absolute Gasteiger partial charge is 0.381 e. The summed E-state index contributed by atoms with van der Waals surface area (Å²) in [6.07, 6.45) is 5.40. The Bertz CT molecular complexity index is 247. The molecule has 0 aromatic rings. The minimum Gasteiger partial charge on any atom is -0.381 e. The molecular weight excluding hydrogens is 240 g/mol. The molecule has 1 N–H and O–H groups in total. The molecule has 1 saturated carbocycles. The average molecular weight is 270 g/mol. The van der Waals surface area contributed by atoms with Crippen LogP contribution in [0.4, 0.5) is 0 Å². The van der Waals surface area contributed by atoms with Gasteiger partial charge in [-0.05, 0) is 51.7 Å². The lowest BCUT2D eigenvalue weighted by atomic mass is 9.87. The van der Waals surface area contributed by atoms with Crippen LogP contribution in [0.5, 0.6) is 0 Å². The minimum atomic E-state index is 0.208. The number of methoxy groups -OCH3 is 1. The number of hydrogen-bond donors (Lipinski definition) is 1. The fourth-order valence-electron chi connectivity index (χ4n) is 2.76. The van der Waals surface area contributed by atoms with Crippen molar-refractivity contribution >= 4 is 5.91 Å². The van der Waals surface area contributed by atoms with Gasteiger partial charge in [0.1, 0.15) is 0 Å². The lowest BCUT2D eigenvalue weighted by Crippen LogP contribution is -2.36. The normalized spacial score (nSPS) is 23.6. The SMILES string of the molecule is CCN(CC)CCCNC(=O)C1CCC(OC)CC1. The summed E-state index contributed by atoms with van der Waals surface area (Å²) in [5, 5.41) is 3.08. The van der Waals surface area contributed by atoms with E-state index in [1.807, 2.05) is 0 Å². The molecule has 112 valence electrons. The number of hydrogen-bond acceptors (Lipinski definition) is 3. The molecule has 1 amide bonds. The molecule has 0 radical (unpaired) electrons. The Morgan fingerprint density at radius 3 is 2.37 bits per heavy atom. The Kier molecular flexibility index (Phi) is 8.07. The van der Waals surface area contributed by atoms with E-state index in [1.54, 1.807) is 7.11 Å². The van der Waals surface area contributed by atoms with Crippen LogP contribution in [0.2, 0.25) is 0 Å². The standard InChI is InChI=1S/C15H30N2O2/c1-4-17(5-2)12-6-11-16-15(18)13-7-9-14(19-3)10-8-13/h13-14H,4-12H2,1-3H3,(H,16,18). The fourth-order valence-corrected chi connectivity index (χ4v) is 2.76. The van der Waals surface area contributed by atoms with Crippen molar-refractivity contribution in [2.45, 2.75) is 52.1 Å². The van der Waals surface area contributed by atoms with Crippen molar-refractivity contribution in [2.24, 2.45) is 5.92 Å². The molecule has 1 aliphatic rings. The second-order valence-corrected chi connectivity index (χ2v) is 5.38. The van der Waals surface area contributed by atoms with Gasteiger partial charge in [0.25, 0.3) is 0 Å². The zero-order valence-electron chi connectivity index (χ0n) is 12.8. The quantitative estimate of drug-likeness (QED) is 0.686. The van der Waals surface area contributed by atoms with Crippen LogP contribution in [-0.2, 0) is 9.53 Å². The second-order valence-electron chi connectivity index (χ2n) is 5.38. The number of amides is 1. The van der Waals surface area contributed by atoms with Crippen LogP contribution < -0.4 is 5.32 Å². The second kappa shape index (κ2) is 9.32. The highest BCUT2D eigenvalue weighted by atomic mass is 16.5. The van der Waals surface area contributed by atoms with E-state index < -0.39 is 0 Å². The van der Waals surface area contributed by atoms with Gasteiger partial charge in [-0.15, -0.1) is 0 Å². The fraction of sp³-hybridized carbons (Fsp3) is 0.933. The van der Waals surface area contributed by atoms with E-state index in [4.69, 9.17) is 4.74 Å². The molecule has 0 saturated heterocycles. The Morgan fingerprint density at radius 2 is 1.84 bits per heavy atom. The summed E-state index contributed by atoms with van der Waals surface area (Å²) in [7, 11) is 1.76. The molecular formula is C15H30N2O2. The van der Waals surface area contributed by atoms with Crippen molar-refractivity contribution < 1.29 is 9.53 Å². The van der Waals surface area contributed by atoms with Crippen LogP contribution in [0.15, 0.2) is 0 Å². The molecule has 19 heavy (non-hydrogen) atoms. The van der Waals surface area contributed by atoms with Gasteiger partial charge in [0, 0.05) is 19.6 Å². The van der Waals surface area contributed by atoms with Crippen molar-refractivity contribution in [1.29, 1.82) is 0 Å². The van der Waals surface area contributed by atoms with Crippen molar-refractivity contribution in [2.75, 3.05) is 33.3 Å². The van der Waals surface area contributed by atoms with Crippen LogP contribution >= 0.6 is 0 Å². The van der Waals surface area contributed by atoms with E-state index in [9.17, 15) is 4.79 Å². The Labute approximate surface area is 117 Å². The van der Waals surface area contributed by atoms with Gasteiger partial charge in [0.2, 0.25) is 5.91 Å². The van der Waals surface area contributed by atoms with Gasteiger partial charge in [-0.1, -0.05) is 13.8 Å². The molecule has 4 nitrogen and oxygen atoms in total. The highest BCUT2D eigenvalue weighted by molar-refractivity contribution is 5.78. The predicted octanol–water partition coefficient (Wildman–Crippen LogP) is 2.04. The molecule has 0 heterocycles. The number of nitrogens with one attached hydrogen (secondary N) is 1. The smallest absolute Gasteiger partial charge is 0.223 e. The maximum atomic E-state index is 12.0. The number of carbonyl (C=O) groups excluding carboxylic acids is 1. The van der Waals surface area contributed by atoms with Crippen LogP contribution in [0, 0.1) is 5.92 Å². The molecule has 0 atom stereocenters. The molecule has 0 bridgehead atoms. The van der Waals surface area contributed by atoms with Gasteiger partial charge in [0.05, 0.1) is 6.10 Å². The molecule has 0 aromatic carbocycles. The van der Waals surface area contributed by atoms with E-state index in [2.05, 4.69) is 24.1 Å². The highest BCUT2D eigenvalue weighted by Crippen LogP contribution is 2.25. The van der Waals surface area contributed by atoms with Gasteiger partial charge in [-0.3, -0.25) is 4.79 Å². The third-order valence-electron chi connectivity index (χ3n) is 4.22. The highest BCUT2D eigenvalue weighted by Gasteiger charge is 2.25. The van der Waals surface area contributed by atoms with Gasteiger partial charge in [-0.2, -0.15) is 0 Å². The lowest BCUT2D eigenvalue weighted by Gasteiger charge is -2.26. The molecule has 0 spiro atoms. The van der Waals surface area contributed by atoms with E-state index in [0.29, 0.717) is 6.10 Å². The number of nitrogens with zero attached hydrogens (tertiary/aromatic N) is 1. The van der Waals surface area contributed by atoms with Crippen LogP contribution in [-0.4, -0.2) is 50.2 Å². The topological polar surface area (TPSA) is 41.6 Å². The molecule has 1 rings (SSSR count). The van der Waals surface area contributed by atoms with Gasteiger partial charge < -0.3 is 15.0 Å². The third kappa shape index (κ3) is 5.91. The zero-order valence-corrected chi connectivity index (χ0v) is 12.8. The van der Waals surface area contributed by atoms with Gasteiger partial charge in [0.15, 0.2) is 0 Å². The molecule has 1 aliphatic carbocycles. The van der Waals surface area contributed by atoms with Crippen LogP contribution in [0.1, 0.15) is 46.0 Å². The van der Waals surface area contributed by atoms with E-state index in [0.717, 1.165) is 58.3 Å². The van der Waals surface area contributed by atoms with Crippen LogP contribution in [0.3, 0.4) is 0 Å². The lowest BCUT2D eigenvalue weighted by molar-refractivity contribution is -0.126. The summed E-state index contributed by atoms with van der Waals surface area (Å²) in [6.45, 7) is 8.41. The van der Waals surface area contributed by atoms with E-state index >= 15 is 0 Å². The zero-order chi connectivity index (χ0) is 14.1. The summed E-state index contributed by atoms with van der Waals surface area (Å²) >= 11 is 0. The van der Waals surface area contributed by atoms with Crippen molar-refractivity contribution in [3.8, 4) is 0 Å². The summed E-state index contributed by atoms with van der Waals surface area (Å²) in [5.74, 6) is 0.453. The van der Waals surface area contributed by atoms with Crippen molar-refractivity contribution in [1.82, 2.24) is 10.2 Å². The van der Waals surface area contributed by atoms with E-state index in [1.165, 1.54) is 0 Å². The summed E-state index contributed by atoms with van der Waals surface area (Å²) < 4.78 is 5.33. The molecule has 1 fully saturated rings. The van der Waals surface area contributed by atoms with Gasteiger partial charge >= 0.3 is 0 Å². The number of ether oxygens (including phenoxy) is 1. The first kappa shape index (κ1) is 16.4. The summed E-state index contributed by atoms with van der Waals surface area (Å²) in [6, 6.07) is 0. The predicted molar refractivity (Wildman–Crippen MR) is 78.2 cm³/mol. The maximum Gasteiger partial charge on any atom is 0.223 e. The van der Waals surface area contributed by atoms with Crippen molar-refractivity contribution in [3.63, 3.8) is 0 Å². The van der Waals surface area contributed by atoms with Crippen LogP contribution in [0.25, 0.3) is 0 Å². The Morgan fingerprint density at radius 1 is 1.21 bits per heavy atom. The first-order valence-corrected chi connectivity index (χ1v) is 7.74. The first-order chi connectivity index (χ1) is 9.21. The average Bonchev–Trinajstić information content (AvgIpc) is 2.47. The Balaban J connectivity index is 2.11. The minimum absolute atomic E-state index is 0.208. The van der Waals surface area contributed by atoms with Crippen molar-refractivity contribution in [3.05, 3.63) is 0 Å². The number of carbonyl (C=O) groups is 1. The monoisotopic (exact) mass is 270 g/mol. The number of rotatable bonds is 8. The first-order valence-electron chi connectivity index (χ1n) is 7.74. The summed E-state index contributed by atoms with van der Waals surface area (Å²) in [5.41, 5.74) is 0. The third-order valence-corrected chi connectivity index (χ3v) is 4.22.